The second-order valence-corrected chi connectivity index (χ2v) is 5.94. The Morgan fingerprint density at radius 3 is 3.00 bits per heavy atom. The Labute approximate surface area is 120 Å². The van der Waals surface area contributed by atoms with Gasteiger partial charge in [0.05, 0.1) is 22.1 Å². The summed E-state index contributed by atoms with van der Waals surface area (Å²) in [5.41, 5.74) is 0.436. The number of nitrogens with one attached hydrogen (secondary N) is 1. The maximum absolute atomic E-state index is 12.0. The fourth-order valence-electron chi connectivity index (χ4n) is 1.44. The third-order valence-electron chi connectivity index (χ3n) is 2.29. The smallest absolute Gasteiger partial charge is 0.253 e. The van der Waals surface area contributed by atoms with Crippen LogP contribution in [0.5, 0.6) is 0 Å². The van der Waals surface area contributed by atoms with E-state index < -0.39 is 0 Å². The van der Waals surface area contributed by atoms with Crippen LogP contribution in [0.15, 0.2) is 29.3 Å². The highest BCUT2D eigenvalue weighted by atomic mass is 35.5. The molecule has 3 nitrogen and oxygen atoms in total. The van der Waals surface area contributed by atoms with E-state index in [2.05, 4.69) is 22.9 Å². The number of aryl methyl sites for hydroxylation is 1. The minimum atomic E-state index is -0.207. The summed E-state index contributed by atoms with van der Waals surface area (Å²) >= 11 is 11.7. The van der Waals surface area contributed by atoms with Gasteiger partial charge in [-0.05, 0) is 25.1 Å². The van der Waals surface area contributed by atoms with Crippen molar-refractivity contribution in [1.29, 1.82) is 0 Å². The van der Waals surface area contributed by atoms with E-state index in [0.29, 0.717) is 22.0 Å². The number of amides is 1. The lowest BCUT2D eigenvalue weighted by molar-refractivity contribution is 0.0951. The van der Waals surface area contributed by atoms with Crippen LogP contribution >= 0.6 is 35.6 Å². The molecule has 1 N–H and O–H groups in total. The molecule has 18 heavy (non-hydrogen) atoms. The predicted octanol–water partition coefficient (Wildman–Crippen LogP) is 3.32. The lowest BCUT2D eigenvalue weighted by Gasteiger charge is -2.06. The minimum Gasteiger partial charge on any atom is -0.347 e. The van der Waals surface area contributed by atoms with Crippen molar-refractivity contribution in [2.75, 3.05) is 0 Å². The highest BCUT2D eigenvalue weighted by Crippen LogP contribution is 2.20. The summed E-state index contributed by atoms with van der Waals surface area (Å²) in [7, 11) is 0. The number of carbonyl (C=O) groups excluding carboxylic acids is 1. The molecule has 1 aromatic heterocycles. The fourth-order valence-corrected chi connectivity index (χ4v) is 2.58. The number of carbonyl (C=O) groups is 1. The van der Waals surface area contributed by atoms with E-state index in [1.807, 2.05) is 6.92 Å². The lowest BCUT2D eigenvalue weighted by atomic mass is 10.2. The standard InChI is InChI=1S/C12H11ClN2OS2/c1-7-14-5-9(18-7)6-15-12(16)10-4-8(17)2-3-11(10)13/h2-5,17H,6H2,1H3,(H,15,16). The Balaban J connectivity index is 2.05. The average molecular weight is 299 g/mol. The summed E-state index contributed by atoms with van der Waals surface area (Å²) < 4.78 is 0. The average Bonchev–Trinajstić information content (AvgIpc) is 2.75. The predicted molar refractivity (Wildman–Crippen MR) is 76.7 cm³/mol. The summed E-state index contributed by atoms with van der Waals surface area (Å²) in [5, 5.41) is 4.21. The van der Waals surface area contributed by atoms with Crippen LogP contribution in [-0.2, 0) is 6.54 Å². The number of halogens is 1. The van der Waals surface area contributed by atoms with Gasteiger partial charge in [-0.25, -0.2) is 4.98 Å². The van der Waals surface area contributed by atoms with Crippen molar-refractivity contribution in [3.8, 4) is 0 Å². The molecule has 0 atom stereocenters. The highest BCUT2D eigenvalue weighted by molar-refractivity contribution is 7.80. The molecule has 0 aliphatic rings. The van der Waals surface area contributed by atoms with Gasteiger partial charge in [-0.1, -0.05) is 11.6 Å². The zero-order valence-corrected chi connectivity index (χ0v) is 12.1. The number of thiazole rings is 1. The summed E-state index contributed by atoms with van der Waals surface area (Å²) in [5.74, 6) is -0.207. The molecule has 6 heteroatoms. The van der Waals surface area contributed by atoms with Gasteiger partial charge in [-0.2, -0.15) is 0 Å². The number of hydrogen-bond acceptors (Lipinski definition) is 4. The molecule has 0 bridgehead atoms. The second kappa shape index (κ2) is 5.73. The first-order chi connectivity index (χ1) is 8.56. The van der Waals surface area contributed by atoms with Crippen molar-refractivity contribution >= 4 is 41.5 Å². The van der Waals surface area contributed by atoms with Crippen LogP contribution in [0.2, 0.25) is 5.02 Å². The maximum atomic E-state index is 12.0. The van der Waals surface area contributed by atoms with Gasteiger partial charge in [0.25, 0.3) is 5.91 Å². The third-order valence-corrected chi connectivity index (χ3v) is 3.81. The number of benzene rings is 1. The van der Waals surface area contributed by atoms with Crippen molar-refractivity contribution in [2.24, 2.45) is 0 Å². The molecule has 1 aromatic carbocycles. The van der Waals surface area contributed by atoms with Crippen LogP contribution in [0.25, 0.3) is 0 Å². The van der Waals surface area contributed by atoms with E-state index in [1.54, 1.807) is 35.7 Å². The van der Waals surface area contributed by atoms with E-state index >= 15 is 0 Å². The second-order valence-electron chi connectivity index (χ2n) is 3.69. The molecule has 1 heterocycles. The van der Waals surface area contributed by atoms with E-state index in [9.17, 15) is 4.79 Å². The molecule has 94 valence electrons. The quantitative estimate of drug-likeness (QED) is 0.854. The van der Waals surface area contributed by atoms with Gasteiger partial charge in [0, 0.05) is 16.0 Å². The van der Waals surface area contributed by atoms with Gasteiger partial charge in [0.1, 0.15) is 0 Å². The van der Waals surface area contributed by atoms with Crippen molar-refractivity contribution in [2.45, 2.75) is 18.4 Å². The Morgan fingerprint density at radius 1 is 1.56 bits per heavy atom. The molecule has 0 saturated heterocycles. The van der Waals surface area contributed by atoms with Crippen LogP contribution in [0.4, 0.5) is 0 Å². The number of thiol groups is 1. The SMILES string of the molecule is Cc1ncc(CNC(=O)c2cc(S)ccc2Cl)s1. The van der Waals surface area contributed by atoms with Crippen molar-refractivity contribution in [3.63, 3.8) is 0 Å². The summed E-state index contributed by atoms with van der Waals surface area (Å²) in [6.45, 7) is 2.38. The number of rotatable bonds is 3. The molecular weight excluding hydrogens is 288 g/mol. The zero-order chi connectivity index (χ0) is 13.1. The molecule has 0 fully saturated rings. The van der Waals surface area contributed by atoms with Gasteiger partial charge in [0.2, 0.25) is 0 Å². The van der Waals surface area contributed by atoms with E-state index in [-0.39, 0.29) is 5.91 Å². The molecule has 0 aliphatic carbocycles. The van der Waals surface area contributed by atoms with Crippen molar-refractivity contribution in [1.82, 2.24) is 10.3 Å². The van der Waals surface area contributed by atoms with Gasteiger partial charge >= 0.3 is 0 Å². The molecule has 0 aliphatic heterocycles. The summed E-state index contributed by atoms with van der Waals surface area (Å²) in [4.78, 5) is 17.8. The Kier molecular flexibility index (Phi) is 4.27. The largest absolute Gasteiger partial charge is 0.347 e. The maximum Gasteiger partial charge on any atom is 0.253 e. The zero-order valence-electron chi connectivity index (χ0n) is 9.61. The molecule has 2 aromatic rings. The molecule has 1 amide bonds. The van der Waals surface area contributed by atoms with Gasteiger partial charge < -0.3 is 5.32 Å². The highest BCUT2D eigenvalue weighted by Gasteiger charge is 2.10. The van der Waals surface area contributed by atoms with E-state index in [1.165, 1.54) is 0 Å². The number of aromatic nitrogens is 1. The molecule has 0 unspecified atom stereocenters. The molecule has 0 spiro atoms. The van der Waals surface area contributed by atoms with Crippen LogP contribution in [0, 0.1) is 6.92 Å². The van der Waals surface area contributed by atoms with Crippen LogP contribution in [-0.4, -0.2) is 10.9 Å². The first-order valence-corrected chi connectivity index (χ1v) is 6.88. The third kappa shape index (κ3) is 3.25. The lowest BCUT2D eigenvalue weighted by Crippen LogP contribution is -2.22. The van der Waals surface area contributed by atoms with Crippen LogP contribution in [0.1, 0.15) is 20.2 Å². The number of hydrogen-bond donors (Lipinski definition) is 2. The normalized spacial score (nSPS) is 10.4. The van der Waals surface area contributed by atoms with Crippen LogP contribution in [0.3, 0.4) is 0 Å². The minimum absolute atomic E-state index is 0.207. The number of nitrogens with zero attached hydrogens (tertiary/aromatic N) is 1. The first-order valence-electron chi connectivity index (χ1n) is 5.24. The Hall–Kier alpha value is -1.04. The van der Waals surface area contributed by atoms with Gasteiger partial charge in [-0.15, -0.1) is 24.0 Å². The van der Waals surface area contributed by atoms with Crippen molar-refractivity contribution < 1.29 is 4.79 Å². The Bertz CT molecular complexity index is 583. The first kappa shape index (κ1) is 13.4. The van der Waals surface area contributed by atoms with Crippen LogP contribution < -0.4 is 5.32 Å². The van der Waals surface area contributed by atoms with Gasteiger partial charge in [-0.3, -0.25) is 4.79 Å². The van der Waals surface area contributed by atoms with E-state index in [0.717, 1.165) is 9.88 Å². The molecule has 0 radical (unpaired) electrons. The topological polar surface area (TPSA) is 42.0 Å². The van der Waals surface area contributed by atoms with Gasteiger partial charge in [0.15, 0.2) is 0 Å². The fraction of sp³-hybridized carbons (Fsp3) is 0.167. The molecule has 0 saturated carbocycles. The molecular formula is C12H11ClN2OS2. The van der Waals surface area contributed by atoms with Crippen molar-refractivity contribution in [3.05, 3.63) is 44.9 Å². The summed E-state index contributed by atoms with van der Waals surface area (Å²) in [6, 6.07) is 5.06. The summed E-state index contributed by atoms with van der Waals surface area (Å²) in [6.07, 6.45) is 1.76. The molecule has 2 rings (SSSR count). The Morgan fingerprint density at radius 2 is 2.33 bits per heavy atom. The van der Waals surface area contributed by atoms with E-state index in [4.69, 9.17) is 11.6 Å². The monoisotopic (exact) mass is 298 g/mol.